The summed E-state index contributed by atoms with van der Waals surface area (Å²) in [4.78, 5) is 14.5. The van der Waals surface area contributed by atoms with Gasteiger partial charge in [-0.3, -0.25) is 4.90 Å². The van der Waals surface area contributed by atoms with Crippen molar-refractivity contribution in [1.29, 1.82) is 0 Å². The van der Waals surface area contributed by atoms with Gasteiger partial charge in [0.1, 0.15) is 5.82 Å². The Balaban J connectivity index is 1.33. The van der Waals surface area contributed by atoms with E-state index in [1.807, 2.05) is 42.5 Å². The SMILES string of the molecule is O=C(NCc1ccccc1CN1CCC(O)C1)NCc1ccc2ccccc2c1F. The molecule has 3 aromatic rings. The van der Waals surface area contributed by atoms with Crippen LogP contribution < -0.4 is 10.6 Å². The molecule has 1 atom stereocenters. The lowest BCUT2D eigenvalue weighted by Gasteiger charge is -2.18. The Hall–Kier alpha value is -2.96. The summed E-state index contributed by atoms with van der Waals surface area (Å²) in [6.45, 7) is 2.81. The summed E-state index contributed by atoms with van der Waals surface area (Å²) < 4.78 is 14.7. The molecule has 30 heavy (non-hydrogen) atoms. The lowest BCUT2D eigenvalue weighted by atomic mass is 10.1. The molecule has 3 aromatic carbocycles. The Labute approximate surface area is 175 Å². The number of benzene rings is 3. The Morgan fingerprint density at radius 3 is 2.43 bits per heavy atom. The van der Waals surface area contributed by atoms with E-state index in [4.69, 9.17) is 0 Å². The molecule has 0 aromatic heterocycles. The van der Waals surface area contributed by atoms with Crippen molar-refractivity contribution in [3.63, 3.8) is 0 Å². The van der Waals surface area contributed by atoms with E-state index in [0.717, 1.165) is 36.0 Å². The third kappa shape index (κ3) is 4.78. The monoisotopic (exact) mass is 407 g/mol. The fraction of sp³-hybridized carbons (Fsp3) is 0.292. The van der Waals surface area contributed by atoms with Crippen molar-refractivity contribution < 1.29 is 14.3 Å². The van der Waals surface area contributed by atoms with E-state index in [1.165, 1.54) is 0 Å². The number of carbonyl (C=O) groups is 1. The molecule has 1 unspecified atom stereocenters. The first kappa shape index (κ1) is 20.3. The molecule has 4 rings (SSSR count). The smallest absolute Gasteiger partial charge is 0.315 e. The number of nitrogens with one attached hydrogen (secondary N) is 2. The molecular formula is C24H26FN3O2. The second kappa shape index (κ2) is 9.24. The molecule has 0 saturated carbocycles. The van der Waals surface area contributed by atoms with Crippen LogP contribution in [0.2, 0.25) is 0 Å². The molecule has 1 aliphatic rings. The van der Waals surface area contributed by atoms with Crippen molar-refractivity contribution in [2.24, 2.45) is 0 Å². The number of aliphatic hydroxyl groups is 1. The number of hydrogen-bond donors (Lipinski definition) is 3. The van der Waals surface area contributed by atoms with Gasteiger partial charge < -0.3 is 15.7 Å². The second-order valence-electron chi connectivity index (χ2n) is 7.74. The highest BCUT2D eigenvalue weighted by molar-refractivity contribution is 5.84. The molecule has 1 saturated heterocycles. The van der Waals surface area contributed by atoms with Gasteiger partial charge in [0.05, 0.1) is 6.10 Å². The molecule has 2 amide bonds. The van der Waals surface area contributed by atoms with Crippen molar-refractivity contribution in [3.8, 4) is 0 Å². The molecule has 156 valence electrons. The van der Waals surface area contributed by atoms with Crippen LogP contribution in [0.15, 0.2) is 60.7 Å². The Morgan fingerprint density at radius 2 is 1.67 bits per heavy atom. The zero-order valence-corrected chi connectivity index (χ0v) is 16.8. The zero-order chi connectivity index (χ0) is 20.9. The van der Waals surface area contributed by atoms with Gasteiger partial charge in [-0.2, -0.15) is 0 Å². The van der Waals surface area contributed by atoms with Gasteiger partial charge in [-0.25, -0.2) is 9.18 Å². The molecule has 0 aliphatic carbocycles. The number of fused-ring (bicyclic) bond motifs is 1. The average Bonchev–Trinajstić information content (AvgIpc) is 3.17. The summed E-state index contributed by atoms with van der Waals surface area (Å²) in [5, 5.41) is 16.7. The summed E-state index contributed by atoms with van der Waals surface area (Å²) in [7, 11) is 0. The fourth-order valence-corrected chi connectivity index (χ4v) is 3.91. The Morgan fingerprint density at radius 1 is 0.967 bits per heavy atom. The van der Waals surface area contributed by atoms with Crippen LogP contribution in [0.5, 0.6) is 0 Å². The highest BCUT2D eigenvalue weighted by Crippen LogP contribution is 2.21. The molecule has 0 radical (unpaired) electrons. The molecule has 1 aliphatic heterocycles. The van der Waals surface area contributed by atoms with Crippen LogP contribution in [0, 0.1) is 5.82 Å². The van der Waals surface area contributed by atoms with E-state index in [2.05, 4.69) is 15.5 Å². The number of hydrogen-bond acceptors (Lipinski definition) is 3. The van der Waals surface area contributed by atoms with Crippen molar-refractivity contribution in [2.45, 2.75) is 32.2 Å². The maximum Gasteiger partial charge on any atom is 0.315 e. The number of halogens is 1. The van der Waals surface area contributed by atoms with Gasteiger partial charge in [0.2, 0.25) is 0 Å². The Bertz CT molecular complexity index is 1040. The number of rotatable bonds is 6. The lowest BCUT2D eigenvalue weighted by molar-refractivity contribution is 0.174. The number of β-amino-alcohol motifs (C(OH)–C–C–N with tert-alkyl or cyclic N) is 1. The van der Waals surface area contributed by atoms with Gasteiger partial charge in [-0.15, -0.1) is 0 Å². The largest absolute Gasteiger partial charge is 0.392 e. The standard InChI is InChI=1S/C24H26FN3O2/c25-23-19(10-9-17-5-3-4-8-22(17)23)14-27-24(30)26-13-18-6-1-2-7-20(18)15-28-12-11-21(29)16-28/h1-10,21,29H,11-16H2,(H2,26,27,30). The average molecular weight is 407 g/mol. The third-order valence-electron chi connectivity index (χ3n) is 5.58. The van der Waals surface area contributed by atoms with Crippen LogP contribution in [-0.2, 0) is 19.6 Å². The second-order valence-corrected chi connectivity index (χ2v) is 7.74. The van der Waals surface area contributed by atoms with Crippen LogP contribution in [0.3, 0.4) is 0 Å². The predicted molar refractivity (Wildman–Crippen MR) is 115 cm³/mol. The number of urea groups is 1. The van der Waals surface area contributed by atoms with E-state index in [-0.39, 0.29) is 24.5 Å². The van der Waals surface area contributed by atoms with Crippen molar-refractivity contribution in [3.05, 3.63) is 83.2 Å². The number of likely N-dealkylation sites (tertiary alicyclic amines) is 1. The van der Waals surface area contributed by atoms with Crippen LogP contribution in [0.4, 0.5) is 9.18 Å². The molecule has 0 spiro atoms. The molecule has 3 N–H and O–H groups in total. The molecule has 5 nitrogen and oxygen atoms in total. The molecule has 1 heterocycles. The van der Waals surface area contributed by atoms with Crippen LogP contribution in [0.1, 0.15) is 23.1 Å². The number of amides is 2. The van der Waals surface area contributed by atoms with Crippen LogP contribution in [-0.4, -0.2) is 35.2 Å². The molecule has 1 fully saturated rings. The van der Waals surface area contributed by atoms with E-state index >= 15 is 0 Å². The number of carbonyl (C=O) groups excluding carboxylic acids is 1. The topological polar surface area (TPSA) is 64.6 Å². The molecule has 6 heteroatoms. The minimum atomic E-state index is -0.339. The van der Waals surface area contributed by atoms with Crippen molar-refractivity contribution in [1.82, 2.24) is 15.5 Å². The lowest BCUT2D eigenvalue weighted by Crippen LogP contribution is -2.35. The third-order valence-corrected chi connectivity index (χ3v) is 5.58. The van der Waals surface area contributed by atoms with E-state index in [1.54, 1.807) is 18.2 Å². The first-order valence-electron chi connectivity index (χ1n) is 10.2. The van der Waals surface area contributed by atoms with Crippen LogP contribution >= 0.6 is 0 Å². The van der Waals surface area contributed by atoms with E-state index in [9.17, 15) is 14.3 Å². The number of aliphatic hydroxyl groups excluding tert-OH is 1. The highest BCUT2D eigenvalue weighted by Gasteiger charge is 2.20. The van der Waals surface area contributed by atoms with Gasteiger partial charge in [0.15, 0.2) is 0 Å². The highest BCUT2D eigenvalue weighted by atomic mass is 19.1. The van der Waals surface area contributed by atoms with Crippen molar-refractivity contribution in [2.75, 3.05) is 13.1 Å². The summed E-state index contributed by atoms with van der Waals surface area (Å²) in [5.74, 6) is -0.299. The number of nitrogens with zero attached hydrogens (tertiary/aromatic N) is 1. The maximum absolute atomic E-state index is 14.7. The van der Waals surface area contributed by atoms with E-state index in [0.29, 0.717) is 24.0 Å². The summed E-state index contributed by atoms with van der Waals surface area (Å²) in [5.41, 5.74) is 2.62. The van der Waals surface area contributed by atoms with Gasteiger partial charge in [0, 0.05) is 43.7 Å². The van der Waals surface area contributed by atoms with Crippen molar-refractivity contribution >= 4 is 16.8 Å². The van der Waals surface area contributed by atoms with Gasteiger partial charge >= 0.3 is 6.03 Å². The van der Waals surface area contributed by atoms with Crippen LogP contribution in [0.25, 0.3) is 10.8 Å². The quantitative estimate of drug-likeness (QED) is 0.586. The minimum Gasteiger partial charge on any atom is -0.392 e. The van der Waals surface area contributed by atoms with Gasteiger partial charge in [0.25, 0.3) is 0 Å². The maximum atomic E-state index is 14.7. The predicted octanol–water partition coefficient (Wildman–Crippen LogP) is 3.54. The normalized spacial score (nSPS) is 16.7. The summed E-state index contributed by atoms with van der Waals surface area (Å²) in [6, 6.07) is 18.5. The van der Waals surface area contributed by atoms with Gasteiger partial charge in [-0.1, -0.05) is 60.7 Å². The Kier molecular flexibility index (Phi) is 6.26. The first-order chi connectivity index (χ1) is 14.6. The van der Waals surface area contributed by atoms with Gasteiger partial charge in [-0.05, 0) is 22.9 Å². The molecule has 0 bridgehead atoms. The fourth-order valence-electron chi connectivity index (χ4n) is 3.91. The summed E-state index contributed by atoms with van der Waals surface area (Å²) in [6.07, 6.45) is 0.547. The molecular weight excluding hydrogens is 381 g/mol. The summed E-state index contributed by atoms with van der Waals surface area (Å²) >= 11 is 0. The zero-order valence-electron chi connectivity index (χ0n) is 16.8. The van der Waals surface area contributed by atoms with E-state index < -0.39 is 0 Å². The minimum absolute atomic E-state index is 0.121. The first-order valence-corrected chi connectivity index (χ1v) is 10.2.